The molecule has 0 radical (unpaired) electrons. The molecule has 1 aliphatic carbocycles. The standard InChI is InChI=1S/C17H27N3O.2ClH/c1-20(2)16(13-8-4-3-5-9-13)12-19-17(21)14-10-6-7-11-15(14)18;;/h6-7,10-11,13,16H,3-5,8-9,12,18H2,1-2H3,(H,19,21);2*1H. The average Bonchev–Trinajstić information content (AvgIpc) is 2.48. The van der Waals surface area contributed by atoms with E-state index in [1.165, 1.54) is 32.1 Å². The van der Waals surface area contributed by atoms with Crippen molar-refractivity contribution in [1.29, 1.82) is 0 Å². The molecule has 132 valence electrons. The number of rotatable bonds is 5. The molecule has 1 saturated carbocycles. The van der Waals surface area contributed by atoms with Crippen LogP contribution in [0.2, 0.25) is 0 Å². The number of likely N-dealkylation sites (N-methyl/N-ethyl adjacent to an activating group) is 1. The van der Waals surface area contributed by atoms with Gasteiger partial charge in [-0.25, -0.2) is 0 Å². The molecule has 0 aliphatic heterocycles. The van der Waals surface area contributed by atoms with Crippen LogP contribution < -0.4 is 11.1 Å². The van der Waals surface area contributed by atoms with Gasteiger partial charge in [-0.05, 0) is 45.0 Å². The minimum absolute atomic E-state index is 0. The second-order valence-electron chi connectivity index (χ2n) is 6.23. The lowest BCUT2D eigenvalue weighted by Crippen LogP contribution is -2.45. The van der Waals surface area contributed by atoms with Crippen LogP contribution in [0.15, 0.2) is 24.3 Å². The first-order chi connectivity index (χ1) is 10.1. The Morgan fingerprint density at radius 2 is 1.83 bits per heavy atom. The van der Waals surface area contributed by atoms with Crippen molar-refractivity contribution in [2.24, 2.45) is 5.92 Å². The topological polar surface area (TPSA) is 58.4 Å². The Hall–Kier alpha value is -0.970. The van der Waals surface area contributed by atoms with Gasteiger partial charge >= 0.3 is 0 Å². The zero-order chi connectivity index (χ0) is 15.2. The number of hydrogen-bond acceptors (Lipinski definition) is 3. The molecular formula is C17H29Cl2N3O. The lowest BCUT2D eigenvalue weighted by atomic mass is 9.83. The highest BCUT2D eigenvalue weighted by Gasteiger charge is 2.25. The molecule has 1 amide bonds. The number of nitrogens with two attached hydrogens (primary N) is 1. The fourth-order valence-corrected chi connectivity index (χ4v) is 3.29. The Bertz CT molecular complexity index is 477. The van der Waals surface area contributed by atoms with Crippen LogP contribution in [0.25, 0.3) is 0 Å². The van der Waals surface area contributed by atoms with Crippen molar-refractivity contribution in [3.63, 3.8) is 0 Å². The van der Waals surface area contributed by atoms with Crippen molar-refractivity contribution in [3.05, 3.63) is 29.8 Å². The number of para-hydroxylation sites is 1. The number of hydrogen-bond donors (Lipinski definition) is 2. The maximum atomic E-state index is 12.3. The largest absolute Gasteiger partial charge is 0.398 e. The molecule has 0 saturated heterocycles. The van der Waals surface area contributed by atoms with Crippen molar-refractivity contribution >= 4 is 36.4 Å². The lowest BCUT2D eigenvalue weighted by Gasteiger charge is -2.35. The molecule has 1 unspecified atom stereocenters. The van der Waals surface area contributed by atoms with Gasteiger partial charge in [-0.1, -0.05) is 31.4 Å². The van der Waals surface area contributed by atoms with Gasteiger partial charge in [-0.2, -0.15) is 0 Å². The first-order valence-corrected chi connectivity index (χ1v) is 7.88. The molecule has 1 aromatic rings. The third kappa shape index (κ3) is 6.21. The number of halogens is 2. The maximum Gasteiger partial charge on any atom is 0.253 e. The van der Waals surface area contributed by atoms with Gasteiger partial charge in [0.05, 0.1) is 5.56 Å². The summed E-state index contributed by atoms with van der Waals surface area (Å²) in [5.74, 6) is 0.609. The summed E-state index contributed by atoms with van der Waals surface area (Å²) < 4.78 is 0. The maximum absolute atomic E-state index is 12.3. The molecule has 3 N–H and O–H groups in total. The Morgan fingerprint density at radius 1 is 1.22 bits per heavy atom. The highest BCUT2D eigenvalue weighted by Crippen LogP contribution is 2.28. The van der Waals surface area contributed by atoms with Crippen molar-refractivity contribution < 1.29 is 4.79 Å². The number of nitrogens with zero attached hydrogens (tertiary/aromatic N) is 1. The fourth-order valence-electron chi connectivity index (χ4n) is 3.29. The van der Waals surface area contributed by atoms with E-state index in [0.29, 0.717) is 29.8 Å². The van der Waals surface area contributed by atoms with Crippen LogP contribution in [0.5, 0.6) is 0 Å². The summed E-state index contributed by atoms with van der Waals surface area (Å²) in [4.78, 5) is 14.5. The number of carbonyl (C=O) groups is 1. The molecule has 23 heavy (non-hydrogen) atoms. The van der Waals surface area contributed by atoms with Gasteiger partial charge in [0.1, 0.15) is 0 Å². The number of benzene rings is 1. The van der Waals surface area contributed by atoms with E-state index in [1.54, 1.807) is 12.1 Å². The quantitative estimate of drug-likeness (QED) is 0.790. The van der Waals surface area contributed by atoms with Crippen LogP contribution >= 0.6 is 24.8 Å². The Morgan fingerprint density at radius 3 is 2.39 bits per heavy atom. The zero-order valence-electron chi connectivity index (χ0n) is 14.0. The Kier molecular flexibility index (Phi) is 10.3. The third-order valence-corrected chi connectivity index (χ3v) is 4.53. The molecule has 1 fully saturated rings. The van der Waals surface area contributed by atoms with Crippen LogP contribution in [0.4, 0.5) is 5.69 Å². The Balaban J connectivity index is 0.00000242. The third-order valence-electron chi connectivity index (χ3n) is 4.53. The van der Waals surface area contributed by atoms with Crippen LogP contribution in [-0.4, -0.2) is 37.5 Å². The van der Waals surface area contributed by atoms with E-state index in [2.05, 4.69) is 24.3 Å². The molecule has 0 spiro atoms. The normalized spacial score (nSPS) is 16.1. The van der Waals surface area contributed by atoms with Crippen molar-refractivity contribution in [1.82, 2.24) is 10.2 Å². The molecule has 1 atom stereocenters. The molecule has 0 bridgehead atoms. The summed E-state index contributed by atoms with van der Waals surface area (Å²) in [7, 11) is 4.20. The molecular weight excluding hydrogens is 333 g/mol. The zero-order valence-corrected chi connectivity index (χ0v) is 15.6. The van der Waals surface area contributed by atoms with E-state index in [1.807, 2.05) is 12.1 Å². The van der Waals surface area contributed by atoms with Crippen LogP contribution in [0.3, 0.4) is 0 Å². The molecule has 6 heteroatoms. The van der Waals surface area contributed by atoms with Gasteiger partial charge < -0.3 is 16.0 Å². The first-order valence-electron chi connectivity index (χ1n) is 7.88. The highest BCUT2D eigenvalue weighted by atomic mass is 35.5. The van der Waals surface area contributed by atoms with E-state index in [0.717, 1.165) is 0 Å². The predicted molar refractivity (Wildman–Crippen MR) is 102 cm³/mol. The Labute approximate surface area is 152 Å². The number of anilines is 1. The van der Waals surface area contributed by atoms with Crippen molar-refractivity contribution in [3.8, 4) is 0 Å². The number of amides is 1. The fraction of sp³-hybridized carbons (Fsp3) is 0.588. The highest BCUT2D eigenvalue weighted by molar-refractivity contribution is 5.99. The SMILES string of the molecule is CN(C)C(CNC(=O)c1ccccc1N)C1CCCCC1.Cl.Cl. The number of carbonyl (C=O) groups excluding carboxylic acids is 1. The first kappa shape index (κ1) is 22.0. The summed E-state index contributed by atoms with van der Waals surface area (Å²) in [6.45, 7) is 0.685. The second-order valence-corrected chi connectivity index (χ2v) is 6.23. The smallest absolute Gasteiger partial charge is 0.253 e. The van der Waals surface area contributed by atoms with Crippen LogP contribution in [0.1, 0.15) is 42.5 Å². The second kappa shape index (κ2) is 10.7. The molecule has 1 aliphatic rings. The van der Waals surface area contributed by atoms with Crippen molar-refractivity contribution in [2.45, 2.75) is 38.1 Å². The minimum Gasteiger partial charge on any atom is -0.398 e. The molecule has 4 nitrogen and oxygen atoms in total. The van der Waals surface area contributed by atoms with Crippen molar-refractivity contribution in [2.75, 3.05) is 26.4 Å². The lowest BCUT2D eigenvalue weighted by molar-refractivity contribution is 0.0922. The molecule has 2 rings (SSSR count). The predicted octanol–water partition coefficient (Wildman–Crippen LogP) is 3.35. The number of nitrogens with one attached hydrogen (secondary N) is 1. The summed E-state index contributed by atoms with van der Waals surface area (Å²) in [6.07, 6.45) is 6.52. The summed E-state index contributed by atoms with van der Waals surface area (Å²) in [5.41, 5.74) is 6.96. The average molecular weight is 362 g/mol. The monoisotopic (exact) mass is 361 g/mol. The summed E-state index contributed by atoms with van der Waals surface area (Å²) >= 11 is 0. The minimum atomic E-state index is -0.0734. The summed E-state index contributed by atoms with van der Waals surface area (Å²) in [5, 5.41) is 3.06. The molecule has 1 aromatic carbocycles. The van der Waals surface area contributed by atoms with Gasteiger partial charge in [0.15, 0.2) is 0 Å². The van der Waals surface area contributed by atoms with E-state index >= 15 is 0 Å². The van der Waals surface area contributed by atoms with E-state index in [-0.39, 0.29) is 30.7 Å². The molecule has 0 aromatic heterocycles. The van der Waals surface area contributed by atoms with Gasteiger partial charge in [-0.15, -0.1) is 24.8 Å². The van der Waals surface area contributed by atoms with E-state index in [4.69, 9.17) is 5.73 Å². The van der Waals surface area contributed by atoms with E-state index in [9.17, 15) is 4.79 Å². The molecule has 0 heterocycles. The summed E-state index contributed by atoms with van der Waals surface area (Å²) in [6, 6.07) is 7.63. The van der Waals surface area contributed by atoms with Gasteiger partial charge in [-0.3, -0.25) is 4.79 Å². The van der Waals surface area contributed by atoms with Crippen LogP contribution in [0, 0.1) is 5.92 Å². The number of nitrogen functional groups attached to an aromatic ring is 1. The van der Waals surface area contributed by atoms with Gasteiger partial charge in [0.25, 0.3) is 5.91 Å². The van der Waals surface area contributed by atoms with Crippen LogP contribution in [-0.2, 0) is 0 Å². The van der Waals surface area contributed by atoms with Gasteiger partial charge in [0, 0.05) is 18.3 Å². The van der Waals surface area contributed by atoms with E-state index < -0.39 is 0 Å². The van der Waals surface area contributed by atoms with Gasteiger partial charge in [0.2, 0.25) is 0 Å².